The standard InChI is InChI=1S/C23H29FN6/c1-18(2)22(23-25-26-27-30(23)13-12-19-8-4-3-5-9-19)29-16-14-28(15-17-29)21-11-7-6-10-20(21)24/h3-11,18,22H,12-17H2,1-2H3/t22-/m0/s1. The second kappa shape index (κ2) is 9.34. The summed E-state index contributed by atoms with van der Waals surface area (Å²) in [5.41, 5.74) is 1.96. The van der Waals surface area contributed by atoms with Gasteiger partial charge in [-0.05, 0) is 40.5 Å². The number of halogens is 1. The smallest absolute Gasteiger partial charge is 0.168 e. The van der Waals surface area contributed by atoms with Crippen LogP contribution >= 0.6 is 0 Å². The third kappa shape index (κ3) is 4.51. The molecule has 158 valence electrons. The fraction of sp³-hybridized carbons (Fsp3) is 0.435. The lowest BCUT2D eigenvalue weighted by atomic mass is 10.0. The van der Waals surface area contributed by atoms with Crippen LogP contribution in [0.5, 0.6) is 0 Å². The molecule has 6 nitrogen and oxygen atoms in total. The first kappa shape index (κ1) is 20.5. The van der Waals surface area contributed by atoms with Crippen LogP contribution < -0.4 is 4.90 Å². The van der Waals surface area contributed by atoms with Crippen LogP contribution in [-0.4, -0.2) is 51.3 Å². The van der Waals surface area contributed by atoms with Gasteiger partial charge in [0.15, 0.2) is 5.82 Å². The fourth-order valence-electron chi connectivity index (χ4n) is 4.29. The maximum Gasteiger partial charge on any atom is 0.168 e. The normalized spacial score (nSPS) is 16.2. The highest BCUT2D eigenvalue weighted by Crippen LogP contribution is 2.29. The van der Waals surface area contributed by atoms with Gasteiger partial charge in [-0.15, -0.1) is 5.10 Å². The number of rotatable bonds is 7. The Morgan fingerprint density at radius 2 is 1.63 bits per heavy atom. The van der Waals surface area contributed by atoms with E-state index >= 15 is 0 Å². The monoisotopic (exact) mass is 408 g/mol. The minimum absolute atomic E-state index is 0.138. The molecule has 0 radical (unpaired) electrons. The summed E-state index contributed by atoms with van der Waals surface area (Å²) in [4.78, 5) is 4.56. The number of nitrogens with zero attached hydrogens (tertiary/aromatic N) is 6. The molecule has 0 N–H and O–H groups in total. The van der Waals surface area contributed by atoms with Crippen molar-refractivity contribution in [2.24, 2.45) is 5.92 Å². The molecule has 0 bridgehead atoms. The van der Waals surface area contributed by atoms with Crippen LogP contribution in [-0.2, 0) is 13.0 Å². The van der Waals surface area contributed by atoms with Gasteiger partial charge in [-0.2, -0.15) is 0 Å². The zero-order valence-electron chi connectivity index (χ0n) is 17.7. The van der Waals surface area contributed by atoms with Crippen molar-refractivity contribution in [2.45, 2.75) is 32.9 Å². The molecule has 0 saturated carbocycles. The number of hydrogen-bond acceptors (Lipinski definition) is 5. The van der Waals surface area contributed by atoms with E-state index in [0.29, 0.717) is 11.6 Å². The molecule has 1 fully saturated rings. The molecule has 0 amide bonds. The van der Waals surface area contributed by atoms with E-state index in [4.69, 9.17) is 0 Å². The minimum Gasteiger partial charge on any atom is -0.367 e. The predicted octanol–water partition coefficient (Wildman–Crippen LogP) is 3.57. The zero-order valence-corrected chi connectivity index (χ0v) is 17.7. The van der Waals surface area contributed by atoms with Gasteiger partial charge < -0.3 is 4.90 Å². The van der Waals surface area contributed by atoms with Crippen LogP contribution in [0.25, 0.3) is 0 Å². The molecule has 4 rings (SSSR count). The average molecular weight is 409 g/mol. The van der Waals surface area contributed by atoms with Crippen LogP contribution in [0, 0.1) is 11.7 Å². The van der Waals surface area contributed by atoms with Crippen molar-refractivity contribution >= 4 is 5.69 Å². The van der Waals surface area contributed by atoms with E-state index in [9.17, 15) is 4.39 Å². The first-order valence-electron chi connectivity index (χ1n) is 10.7. The number of benzene rings is 2. The number of aromatic nitrogens is 4. The lowest BCUT2D eigenvalue weighted by molar-refractivity contribution is 0.134. The van der Waals surface area contributed by atoms with Crippen LogP contribution in [0.4, 0.5) is 10.1 Å². The molecule has 0 aliphatic carbocycles. The van der Waals surface area contributed by atoms with Crippen molar-refractivity contribution in [3.63, 3.8) is 0 Å². The molecule has 0 unspecified atom stereocenters. The minimum atomic E-state index is -0.156. The number of para-hydroxylation sites is 1. The highest BCUT2D eigenvalue weighted by molar-refractivity contribution is 5.48. The summed E-state index contributed by atoms with van der Waals surface area (Å²) in [7, 11) is 0. The van der Waals surface area contributed by atoms with Gasteiger partial charge in [0.1, 0.15) is 5.82 Å². The van der Waals surface area contributed by atoms with Crippen molar-refractivity contribution < 1.29 is 4.39 Å². The summed E-state index contributed by atoms with van der Waals surface area (Å²) in [6, 6.07) is 17.6. The molecule has 2 aromatic carbocycles. The molecule has 7 heteroatoms. The Balaban J connectivity index is 1.45. The van der Waals surface area contributed by atoms with Crippen molar-refractivity contribution in [1.29, 1.82) is 0 Å². The van der Waals surface area contributed by atoms with Gasteiger partial charge in [-0.3, -0.25) is 4.90 Å². The predicted molar refractivity (Wildman–Crippen MR) is 116 cm³/mol. The van der Waals surface area contributed by atoms with Crippen LogP contribution in [0.3, 0.4) is 0 Å². The molecule has 0 spiro atoms. The summed E-state index contributed by atoms with van der Waals surface area (Å²) in [6.45, 7) is 8.45. The van der Waals surface area contributed by atoms with E-state index in [-0.39, 0.29) is 11.9 Å². The maximum atomic E-state index is 14.2. The van der Waals surface area contributed by atoms with E-state index in [1.54, 1.807) is 6.07 Å². The SMILES string of the molecule is CC(C)[C@@H](c1nnnn1CCc1ccccc1)N1CCN(c2ccccc2F)CC1. The van der Waals surface area contributed by atoms with Crippen LogP contribution in [0.2, 0.25) is 0 Å². The molecule has 1 aliphatic rings. The van der Waals surface area contributed by atoms with Gasteiger partial charge in [0.25, 0.3) is 0 Å². The van der Waals surface area contributed by atoms with Crippen LogP contribution in [0.15, 0.2) is 54.6 Å². The lowest BCUT2D eigenvalue weighted by Gasteiger charge is -2.41. The maximum absolute atomic E-state index is 14.2. The Morgan fingerprint density at radius 1 is 0.933 bits per heavy atom. The number of piperazine rings is 1. The molecule has 1 aliphatic heterocycles. The summed E-state index contributed by atoms with van der Waals surface area (Å²) in [5.74, 6) is 1.13. The highest BCUT2D eigenvalue weighted by Gasteiger charge is 2.31. The van der Waals surface area contributed by atoms with Gasteiger partial charge in [-0.25, -0.2) is 9.07 Å². The van der Waals surface area contributed by atoms with Crippen molar-refractivity contribution in [3.8, 4) is 0 Å². The Labute approximate surface area is 177 Å². The number of hydrogen-bond donors (Lipinski definition) is 0. The first-order valence-corrected chi connectivity index (χ1v) is 10.7. The largest absolute Gasteiger partial charge is 0.367 e. The van der Waals surface area contributed by atoms with Crippen molar-refractivity contribution in [2.75, 3.05) is 31.1 Å². The van der Waals surface area contributed by atoms with Crippen LogP contribution in [0.1, 0.15) is 31.3 Å². The zero-order chi connectivity index (χ0) is 20.9. The molecule has 1 saturated heterocycles. The Hall–Kier alpha value is -2.80. The van der Waals surface area contributed by atoms with E-state index in [1.807, 2.05) is 22.9 Å². The lowest BCUT2D eigenvalue weighted by Crippen LogP contribution is -2.49. The van der Waals surface area contributed by atoms with E-state index in [2.05, 4.69) is 63.4 Å². The molecule has 2 heterocycles. The molecule has 30 heavy (non-hydrogen) atoms. The Bertz CT molecular complexity index is 934. The second-order valence-electron chi connectivity index (χ2n) is 8.16. The highest BCUT2D eigenvalue weighted by atomic mass is 19.1. The molecular weight excluding hydrogens is 379 g/mol. The quantitative estimate of drug-likeness (QED) is 0.598. The first-order chi connectivity index (χ1) is 14.6. The summed E-state index contributed by atoms with van der Waals surface area (Å²) in [6.07, 6.45) is 0.894. The second-order valence-corrected chi connectivity index (χ2v) is 8.16. The molecule has 1 aromatic heterocycles. The van der Waals surface area contributed by atoms with E-state index in [1.165, 1.54) is 11.6 Å². The molecule has 1 atom stereocenters. The molecule has 3 aromatic rings. The third-order valence-corrected chi connectivity index (χ3v) is 5.81. The Kier molecular flexibility index (Phi) is 6.38. The van der Waals surface area contributed by atoms with Gasteiger partial charge in [0, 0.05) is 32.7 Å². The van der Waals surface area contributed by atoms with Crippen molar-refractivity contribution in [3.05, 3.63) is 71.8 Å². The summed E-state index contributed by atoms with van der Waals surface area (Å²) < 4.78 is 16.1. The summed E-state index contributed by atoms with van der Waals surface area (Å²) >= 11 is 0. The van der Waals surface area contributed by atoms with Gasteiger partial charge in [0.05, 0.1) is 11.7 Å². The van der Waals surface area contributed by atoms with Gasteiger partial charge >= 0.3 is 0 Å². The van der Waals surface area contributed by atoms with Crippen molar-refractivity contribution in [1.82, 2.24) is 25.1 Å². The topological polar surface area (TPSA) is 50.1 Å². The molecular formula is C23H29FN6. The number of tetrazole rings is 1. The number of anilines is 1. The summed E-state index contributed by atoms with van der Waals surface area (Å²) in [5, 5.41) is 12.7. The van der Waals surface area contributed by atoms with E-state index in [0.717, 1.165) is 45.0 Å². The number of aryl methyl sites for hydroxylation is 2. The average Bonchev–Trinajstić information content (AvgIpc) is 3.22. The van der Waals surface area contributed by atoms with Gasteiger partial charge in [-0.1, -0.05) is 56.3 Å². The van der Waals surface area contributed by atoms with E-state index < -0.39 is 0 Å². The Morgan fingerprint density at radius 3 is 2.33 bits per heavy atom. The van der Waals surface area contributed by atoms with Gasteiger partial charge in [0.2, 0.25) is 0 Å². The fourth-order valence-corrected chi connectivity index (χ4v) is 4.29. The third-order valence-electron chi connectivity index (χ3n) is 5.81.